The number of rotatable bonds is 3. The summed E-state index contributed by atoms with van der Waals surface area (Å²) < 4.78 is 29.2. The number of hydrogen-bond donors (Lipinski definition) is 0. The summed E-state index contributed by atoms with van der Waals surface area (Å²) >= 11 is 0. The minimum absolute atomic E-state index is 0.323. The molecule has 0 amide bonds. The molecular formula is C16H20F2N4. The van der Waals surface area contributed by atoms with Gasteiger partial charge in [-0.25, -0.2) is 8.78 Å². The van der Waals surface area contributed by atoms with Crippen LogP contribution in [0.2, 0.25) is 0 Å². The van der Waals surface area contributed by atoms with Gasteiger partial charge < -0.3 is 4.57 Å². The summed E-state index contributed by atoms with van der Waals surface area (Å²) in [7, 11) is 1.97. The molecule has 2 aromatic rings. The molecule has 0 fully saturated rings. The van der Waals surface area contributed by atoms with Crippen LogP contribution in [0, 0.1) is 18.6 Å². The van der Waals surface area contributed by atoms with Crippen LogP contribution >= 0.6 is 0 Å². The van der Waals surface area contributed by atoms with Gasteiger partial charge >= 0.3 is 0 Å². The Kier molecular flexibility index (Phi) is 4.20. The Hall–Kier alpha value is -1.82. The van der Waals surface area contributed by atoms with Crippen LogP contribution in [0.4, 0.5) is 8.78 Å². The molecule has 6 heteroatoms. The van der Waals surface area contributed by atoms with E-state index in [0.29, 0.717) is 18.2 Å². The second-order valence-corrected chi connectivity index (χ2v) is 5.95. The summed E-state index contributed by atoms with van der Waals surface area (Å²) in [6, 6.07) is 3.95. The third kappa shape index (κ3) is 3.02. The maximum absolute atomic E-state index is 13.8. The highest BCUT2D eigenvalue weighted by Crippen LogP contribution is 2.21. The minimum Gasteiger partial charge on any atom is -0.315 e. The molecule has 3 rings (SSSR count). The first-order valence-electron chi connectivity index (χ1n) is 7.57. The summed E-state index contributed by atoms with van der Waals surface area (Å²) in [4.78, 5) is 2.10. The van der Waals surface area contributed by atoms with Crippen molar-refractivity contribution in [2.24, 2.45) is 0 Å². The molecule has 0 aliphatic carbocycles. The lowest BCUT2D eigenvalue weighted by atomic mass is 10.1. The zero-order valence-electron chi connectivity index (χ0n) is 12.9. The number of benzene rings is 1. The summed E-state index contributed by atoms with van der Waals surface area (Å²) in [6.07, 6.45) is 2.77. The molecule has 0 spiro atoms. The molecule has 22 heavy (non-hydrogen) atoms. The summed E-state index contributed by atoms with van der Waals surface area (Å²) in [5.41, 5.74) is 0.405. The first-order valence-corrected chi connectivity index (χ1v) is 7.57. The number of fused-ring (bicyclic) bond motifs is 1. The minimum atomic E-state index is -0.396. The first-order chi connectivity index (χ1) is 10.5. The van der Waals surface area contributed by atoms with Gasteiger partial charge in [0.2, 0.25) is 0 Å². The molecule has 1 aromatic heterocycles. The molecule has 118 valence electrons. The largest absolute Gasteiger partial charge is 0.315 e. The first kappa shape index (κ1) is 15.1. The predicted molar refractivity (Wildman–Crippen MR) is 79.3 cm³/mol. The van der Waals surface area contributed by atoms with Gasteiger partial charge in [0.05, 0.1) is 0 Å². The standard InChI is InChI=1S/C16H20F2N4/c1-11-19-20-16-6-4-14(7-8-22(11)16)21(2)10-12-9-13(17)3-5-15(12)18/h3,5,9,14H,4,6-8,10H2,1-2H3/t14-/m0/s1. The Bertz CT molecular complexity index is 668. The van der Waals surface area contributed by atoms with E-state index in [-0.39, 0.29) is 5.82 Å². The van der Waals surface area contributed by atoms with Gasteiger partial charge in [-0.05, 0) is 45.0 Å². The van der Waals surface area contributed by atoms with Crippen LogP contribution in [-0.4, -0.2) is 32.8 Å². The van der Waals surface area contributed by atoms with Gasteiger partial charge in [0.1, 0.15) is 23.3 Å². The lowest BCUT2D eigenvalue weighted by Crippen LogP contribution is -2.32. The Morgan fingerprint density at radius 2 is 2.09 bits per heavy atom. The fourth-order valence-electron chi connectivity index (χ4n) is 3.12. The van der Waals surface area contributed by atoms with Crippen molar-refractivity contribution >= 4 is 0 Å². The molecule has 2 heterocycles. The van der Waals surface area contributed by atoms with Gasteiger partial charge in [0.15, 0.2) is 0 Å². The fraction of sp³-hybridized carbons (Fsp3) is 0.500. The van der Waals surface area contributed by atoms with E-state index in [1.165, 1.54) is 12.1 Å². The van der Waals surface area contributed by atoms with Crippen molar-refractivity contribution in [2.45, 2.75) is 45.3 Å². The van der Waals surface area contributed by atoms with Gasteiger partial charge in [-0.2, -0.15) is 0 Å². The van der Waals surface area contributed by atoms with E-state index >= 15 is 0 Å². The van der Waals surface area contributed by atoms with E-state index in [4.69, 9.17) is 0 Å². The summed E-state index contributed by atoms with van der Waals surface area (Å²) in [5, 5.41) is 8.31. The molecule has 1 aromatic carbocycles. The molecule has 4 nitrogen and oxygen atoms in total. The van der Waals surface area contributed by atoms with Crippen LogP contribution in [0.3, 0.4) is 0 Å². The van der Waals surface area contributed by atoms with Crippen LogP contribution < -0.4 is 0 Å². The average Bonchev–Trinajstić information content (AvgIpc) is 2.72. The van der Waals surface area contributed by atoms with Crippen LogP contribution in [-0.2, 0) is 19.5 Å². The molecule has 1 aliphatic rings. The molecular weight excluding hydrogens is 286 g/mol. The number of nitrogens with zero attached hydrogens (tertiary/aromatic N) is 4. The van der Waals surface area contributed by atoms with Crippen molar-refractivity contribution in [2.75, 3.05) is 7.05 Å². The molecule has 0 saturated heterocycles. The second-order valence-electron chi connectivity index (χ2n) is 5.95. The highest BCUT2D eigenvalue weighted by Gasteiger charge is 2.22. The van der Waals surface area contributed by atoms with Crippen LogP contribution in [0.15, 0.2) is 18.2 Å². The van der Waals surface area contributed by atoms with E-state index in [2.05, 4.69) is 19.7 Å². The fourth-order valence-corrected chi connectivity index (χ4v) is 3.12. The second kappa shape index (κ2) is 6.12. The smallest absolute Gasteiger partial charge is 0.133 e. The van der Waals surface area contributed by atoms with E-state index in [1.807, 2.05) is 14.0 Å². The van der Waals surface area contributed by atoms with E-state index < -0.39 is 5.82 Å². The van der Waals surface area contributed by atoms with Crippen molar-refractivity contribution < 1.29 is 8.78 Å². The number of halogens is 2. The lowest BCUT2D eigenvalue weighted by Gasteiger charge is -2.27. The third-order valence-electron chi connectivity index (χ3n) is 4.45. The van der Waals surface area contributed by atoms with E-state index in [0.717, 1.165) is 43.5 Å². The van der Waals surface area contributed by atoms with E-state index in [9.17, 15) is 8.78 Å². The quantitative estimate of drug-likeness (QED) is 0.874. The normalized spacial score (nSPS) is 18.3. The Morgan fingerprint density at radius 1 is 1.27 bits per heavy atom. The van der Waals surface area contributed by atoms with Crippen molar-refractivity contribution in [3.63, 3.8) is 0 Å². The number of aryl methyl sites for hydroxylation is 2. The van der Waals surface area contributed by atoms with Crippen molar-refractivity contribution in [3.8, 4) is 0 Å². The molecule has 0 saturated carbocycles. The van der Waals surface area contributed by atoms with Gasteiger partial charge in [0.25, 0.3) is 0 Å². The maximum Gasteiger partial charge on any atom is 0.133 e. The van der Waals surface area contributed by atoms with E-state index in [1.54, 1.807) is 0 Å². The van der Waals surface area contributed by atoms with Crippen molar-refractivity contribution in [3.05, 3.63) is 47.0 Å². The lowest BCUT2D eigenvalue weighted by molar-refractivity contribution is 0.207. The Balaban J connectivity index is 1.68. The molecule has 0 bridgehead atoms. The topological polar surface area (TPSA) is 34.0 Å². The van der Waals surface area contributed by atoms with Crippen molar-refractivity contribution in [1.82, 2.24) is 19.7 Å². The highest BCUT2D eigenvalue weighted by atomic mass is 19.1. The average molecular weight is 306 g/mol. The van der Waals surface area contributed by atoms with Crippen LogP contribution in [0.5, 0.6) is 0 Å². The van der Waals surface area contributed by atoms with Gasteiger partial charge in [-0.3, -0.25) is 4.90 Å². The van der Waals surface area contributed by atoms with Gasteiger partial charge in [-0.15, -0.1) is 10.2 Å². The third-order valence-corrected chi connectivity index (χ3v) is 4.45. The highest BCUT2D eigenvalue weighted by molar-refractivity contribution is 5.18. The van der Waals surface area contributed by atoms with Crippen LogP contribution in [0.1, 0.15) is 30.1 Å². The van der Waals surface area contributed by atoms with Gasteiger partial charge in [0, 0.05) is 31.1 Å². The Morgan fingerprint density at radius 3 is 2.91 bits per heavy atom. The maximum atomic E-state index is 13.8. The Labute approximate surface area is 128 Å². The summed E-state index contributed by atoms with van der Waals surface area (Å²) in [6.45, 7) is 3.24. The van der Waals surface area contributed by atoms with Crippen molar-refractivity contribution in [1.29, 1.82) is 0 Å². The van der Waals surface area contributed by atoms with Gasteiger partial charge in [-0.1, -0.05) is 0 Å². The zero-order chi connectivity index (χ0) is 15.7. The molecule has 0 N–H and O–H groups in total. The SMILES string of the molecule is Cc1nnc2n1CC[C@@H](N(C)Cc1cc(F)ccc1F)CC2. The monoisotopic (exact) mass is 306 g/mol. The molecule has 1 aliphatic heterocycles. The predicted octanol–water partition coefficient (Wildman–Crippen LogP) is 2.70. The van der Waals surface area contributed by atoms with Crippen LogP contribution in [0.25, 0.3) is 0 Å². The molecule has 0 radical (unpaired) electrons. The summed E-state index contributed by atoms with van der Waals surface area (Å²) in [5.74, 6) is 1.21. The molecule has 1 atom stereocenters. The zero-order valence-corrected chi connectivity index (χ0v) is 12.9. The molecule has 0 unspecified atom stereocenters. The number of hydrogen-bond acceptors (Lipinski definition) is 3. The number of aromatic nitrogens is 3.